The molecular formula is C27H36N2O7. The Labute approximate surface area is 211 Å². The highest BCUT2D eigenvalue weighted by atomic mass is 16.8. The van der Waals surface area contributed by atoms with E-state index in [0.717, 1.165) is 5.57 Å². The van der Waals surface area contributed by atoms with E-state index in [1.807, 2.05) is 19.9 Å². The summed E-state index contributed by atoms with van der Waals surface area (Å²) in [7, 11) is 1.45. The van der Waals surface area contributed by atoms with Crippen molar-refractivity contribution in [1.82, 2.24) is 10.6 Å². The predicted molar refractivity (Wildman–Crippen MR) is 130 cm³/mol. The van der Waals surface area contributed by atoms with Crippen LogP contribution in [0.1, 0.15) is 41.5 Å². The molecule has 9 heteroatoms. The van der Waals surface area contributed by atoms with Crippen LogP contribution < -0.4 is 10.6 Å². The van der Waals surface area contributed by atoms with Crippen LogP contribution in [0.4, 0.5) is 0 Å². The molecule has 4 rings (SSSR count). The quantitative estimate of drug-likeness (QED) is 0.179. The Bertz CT molecular complexity index is 1070. The van der Waals surface area contributed by atoms with E-state index in [4.69, 9.17) is 14.2 Å². The molecule has 36 heavy (non-hydrogen) atoms. The van der Waals surface area contributed by atoms with Gasteiger partial charge in [0.2, 0.25) is 17.6 Å². The van der Waals surface area contributed by atoms with Crippen LogP contribution >= 0.6 is 0 Å². The van der Waals surface area contributed by atoms with E-state index in [1.165, 1.54) is 13.1 Å². The predicted octanol–water partition coefficient (Wildman–Crippen LogP) is 1.63. The van der Waals surface area contributed by atoms with Gasteiger partial charge in [0, 0.05) is 18.9 Å². The molecule has 1 spiro atoms. The van der Waals surface area contributed by atoms with E-state index in [2.05, 4.69) is 43.6 Å². The van der Waals surface area contributed by atoms with Crippen molar-refractivity contribution in [3.63, 3.8) is 0 Å². The Morgan fingerprint density at radius 3 is 2.50 bits per heavy atom. The second kappa shape index (κ2) is 9.04. The molecule has 9 unspecified atom stereocenters. The Morgan fingerprint density at radius 2 is 1.89 bits per heavy atom. The van der Waals surface area contributed by atoms with Crippen molar-refractivity contribution in [1.29, 1.82) is 0 Å². The number of fused-ring (bicyclic) bond motifs is 3. The molecule has 3 fully saturated rings. The number of hydrogen-bond donors (Lipinski definition) is 2. The maximum atomic E-state index is 12.8. The van der Waals surface area contributed by atoms with Gasteiger partial charge >= 0.3 is 0 Å². The molecule has 4 aliphatic heterocycles. The third kappa shape index (κ3) is 4.17. The van der Waals surface area contributed by atoms with Crippen LogP contribution in [-0.4, -0.2) is 66.2 Å². The van der Waals surface area contributed by atoms with Gasteiger partial charge in [0.05, 0.1) is 24.2 Å². The Hall–Kier alpha value is -2.62. The number of ketones is 2. The summed E-state index contributed by atoms with van der Waals surface area (Å²) in [5.41, 5.74) is -0.314. The standard InChI is InChI=1S/C27H36N2O7/c1-14(8-9-18(30)20-22(31)21(29-24(20)33)16(3)23(32)28-7)12-15(2)25(5)17(4)19-10-11-27(13-34-27)26(6,35-19)36-25/h8-12,15-17,19-21H,13H2,1-7H3,(H,28,32)(H,29,33)/b9-8+,14-12?. The van der Waals surface area contributed by atoms with Crippen molar-refractivity contribution >= 4 is 23.4 Å². The van der Waals surface area contributed by atoms with Crippen LogP contribution in [0.5, 0.6) is 0 Å². The fraction of sp³-hybridized carbons (Fsp3) is 0.630. The molecule has 0 radical (unpaired) electrons. The fourth-order valence-corrected chi connectivity index (χ4v) is 5.52. The lowest BCUT2D eigenvalue weighted by molar-refractivity contribution is -0.377. The SMILES string of the molecule is CNC(=O)C(C)C1NC(=O)C(C(=O)/C=C/C(C)=CC(C)C2(C)OC3(C)OC(C=CC34CO4)C2C)C1=O. The highest BCUT2D eigenvalue weighted by molar-refractivity contribution is 6.27. The Morgan fingerprint density at radius 1 is 1.22 bits per heavy atom. The summed E-state index contributed by atoms with van der Waals surface area (Å²) < 4.78 is 18.6. The summed E-state index contributed by atoms with van der Waals surface area (Å²) in [5, 5.41) is 4.95. The second-order valence-electron chi connectivity index (χ2n) is 10.8. The second-order valence-corrected chi connectivity index (χ2v) is 10.8. The van der Waals surface area contributed by atoms with Crippen molar-refractivity contribution < 1.29 is 33.4 Å². The summed E-state index contributed by atoms with van der Waals surface area (Å²) >= 11 is 0. The lowest BCUT2D eigenvalue weighted by Gasteiger charge is -2.56. The van der Waals surface area contributed by atoms with Gasteiger partial charge in [-0.05, 0) is 32.9 Å². The van der Waals surface area contributed by atoms with Gasteiger partial charge in [-0.15, -0.1) is 0 Å². The fourth-order valence-electron chi connectivity index (χ4n) is 5.52. The zero-order valence-electron chi connectivity index (χ0n) is 21.9. The summed E-state index contributed by atoms with van der Waals surface area (Å²) in [6.07, 6.45) is 8.89. The highest BCUT2D eigenvalue weighted by Crippen LogP contribution is 2.55. The average molecular weight is 501 g/mol. The first-order valence-electron chi connectivity index (χ1n) is 12.5. The molecule has 9 nitrogen and oxygen atoms in total. The molecule has 9 atom stereocenters. The van der Waals surface area contributed by atoms with Crippen LogP contribution in [-0.2, 0) is 33.4 Å². The van der Waals surface area contributed by atoms with Crippen LogP contribution in [0, 0.1) is 23.7 Å². The molecule has 196 valence electrons. The number of nitrogens with one attached hydrogen (secondary N) is 2. The maximum Gasteiger partial charge on any atom is 0.239 e. The number of epoxide rings is 1. The van der Waals surface area contributed by atoms with Crippen LogP contribution in [0.15, 0.2) is 36.0 Å². The first-order valence-corrected chi connectivity index (χ1v) is 12.5. The first-order chi connectivity index (χ1) is 16.8. The van der Waals surface area contributed by atoms with Crippen molar-refractivity contribution in [3.8, 4) is 0 Å². The van der Waals surface area contributed by atoms with Gasteiger partial charge in [0.25, 0.3) is 0 Å². The number of rotatable bonds is 7. The van der Waals surface area contributed by atoms with Gasteiger partial charge in [-0.25, -0.2) is 0 Å². The Balaban J connectivity index is 1.46. The largest absolute Gasteiger partial charge is 0.359 e. The van der Waals surface area contributed by atoms with Crippen LogP contribution in [0.25, 0.3) is 0 Å². The van der Waals surface area contributed by atoms with Crippen LogP contribution in [0.2, 0.25) is 0 Å². The Kier molecular flexibility index (Phi) is 6.64. The molecule has 0 aromatic carbocycles. The monoisotopic (exact) mass is 500 g/mol. The zero-order chi connectivity index (χ0) is 26.6. The van der Waals surface area contributed by atoms with E-state index >= 15 is 0 Å². The molecule has 0 aromatic heterocycles. The van der Waals surface area contributed by atoms with Gasteiger partial charge in [0.1, 0.15) is 6.04 Å². The van der Waals surface area contributed by atoms with Gasteiger partial charge < -0.3 is 24.8 Å². The minimum atomic E-state index is -1.44. The zero-order valence-corrected chi connectivity index (χ0v) is 21.9. The molecule has 0 aromatic rings. The minimum absolute atomic E-state index is 0.0468. The number of Topliss-reactive ketones (excluding diaryl/α,β-unsaturated/α-hetero) is 1. The molecule has 2 N–H and O–H groups in total. The van der Waals surface area contributed by atoms with Crippen molar-refractivity contribution in [3.05, 3.63) is 36.0 Å². The average Bonchev–Trinajstić information content (AvgIpc) is 3.56. The van der Waals surface area contributed by atoms with Crippen molar-refractivity contribution in [2.24, 2.45) is 23.7 Å². The number of carbonyl (C=O) groups is 4. The molecule has 4 heterocycles. The van der Waals surface area contributed by atoms with E-state index in [9.17, 15) is 19.2 Å². The van der Waals surface area contributed by atoms with Gasteiger partial charge in [-0.1, -0.05) is 44.6 Å². The number of amides is 2. The molecule has 0 aliphatic carbocycles. The van der Waals surface area contributed by atoms with E-state index in [1.54, 1.807) is 13.0 Å². The molecule has 4 aliphatic rings. The normalized spacial score (nSPS) is 41.4. The smallest absolute Gasteiger partial charge is 0.239 e. The minimum Gasteiger partial charge on any atom is -0.359 e. The summed E-state index contributed by atoms with van der Waals surface area (Å²) in [4.78, 5) is 49.8. The number of allylic oxidation sites excluding steroid dienone is 3. The summed E-state index contributed by atoms with van der Waals surface area (Å²) in [6.45, 7) is 12.1. The number of hydrogen-bond acceptors (Lipinski definition) is 7. The maximum absolute atomic E-state index is 12.8. The third-order valence-electron chi connectivity index (χ3n) is 8.47. The summed E-state index contributed by atoms with van der Waals surface area (Å²) in [6, 6.07) is -1.02. The van der Waals surface area contributed by atoms with Crippen molar-refractivity contribution in [2.75, 3.05) is 13.7 Å². The topological polar surface area (TPSA) is 123 Å². The summed E-state index contributed by atoms with van der Waals surface area (Å²) in [5.74, 6) is -5.32. The molecule has 3 saturated heterocycles. The lowest BCUT2D eigenvalue weighted by Crippen LogP contribution is -2.66. The molecule has 0 saturated carbocycles. The molecule has 2 bridgehead atoms. The third-order valence-corrected chi connectivity index (χ3v) is 8.47. The van der Waals surface area contributed by atoms with Gasteiger partial charge in [-0.2, -0.15) is 0 Å². The van der Waals surface area contributed by atoms with Crippen LogP contribution in [0.3, 0.4) is 0 Å². The highest BCUT2D eigenvalue weighted by Gasteiger charge is 2.68. The van der Waals surface area contributed by atoms with Gasteiger partial charge in [-0.3, -0.25) is 19.2 Å². The van der Waals surface area contributed by atoms with Gasteiger partial charge in [0.15, 0.2) is 23.1 Å². The number of carbonyl (C=O) groups excluding carboxylic acids is 4. The van der Waals surface area contributed by atoms with Crippen molar-refractivity contribution in [2.45, 2.75) is 70.7 Å². The number of ether oxygens (including phenoxy) is 3. The van der Waals surface area contributed by atoms with E-state index < -0.39 is 52.3 Å². The molecular weight excluding hydrogens is 464 g/mol. The lowest BCUT2D eigenvalue weighted by atomic mass is 9.73. The van der Waals surface area contributed by atoms with E-state index in [-0.39, 0.29) is 23.8 Å². The molecule has 2 amide bonds. The first kappa shape index (κ1) is 26.4. The van der Waals surface area contributed by atoms with E-state index in [0.29, 0.717) is 6.61 Å².